The van der Waals surface area contributed by atoms with Crippen LogP contribution in [0.2, 0.25) is 0 Å². The van der Waals surface area contributed by atoms with Gasteiger partial charge in [0.25, 0.3) is 0 Å². The fraction of sp³-hybridized carbons (Fsp3) is 0.733. The highest BCUT2D eigenvalue weighted by atomic mass is 32.2. The molecular weight excluding hydrogens is 306 g/mol. The van der Waals surface area contributed by atoms with Crippen LogP contribution in [0.25, 0.3) is 0 Å². The van der Waals surface area contributed by atoms with Gasteiger partial charge in [0.2, 0.25) is 10.0 Å². The van der Waals surface area contributed by atoms with Gasteiger partial charge in [-0.15, -0.1) is 11.3 Å². The summed E-state index contributed by atoms with van der Waals surface area (Å²) in [6.07, 6.45) is 4.11. The Morgan fingerprint density at radius 1 is 1.29 bits per heavy atom. The van der Waals surface area contributed by atoms with E-state index in [0.29, 0.717) is 28.3 Å². The smallest absolute Gasteiger partial charge is 0.244 e. The quantitative estimate of drug-likeness (QED) is 0.902. The van der Waals surface area contributed by atoms with Crippen LogP contribution in [0, 0.1) is 12.3 Å². The van der Waals surface area contributed by atoms with E-state index in [9.17, 15) is 13.5 Å². The molecule has 0 saturated carbocycles. The van der Waals surface area contributed by atoms with Crippen molar-refractivity contribution < 1.29 is 13.5 Å². The molecule has 0 aliphatic carbocycles. The van der Waals surface area contributed by atoms with Gasteiger partial charge in [-0.05, 0) is 31.2 Å². The lowest BCUT2D eigenvalue weighted by atomic mass is 9.75. The minimum atomic E-state index is -3.42. The van der Waals surface area contributed by atoms with Crippen molar-refractivity contribution in [2.24, 2.45) is 5.41 Å². The molecule has 0 unspecified atom stereocenters. The molecule has 2 heterocycles. The number of piperidine rings is 1. The standard InChI is InChI=1S/C15H25NO3S2/c1-4-15(5-2)6-8-16(9-7-15)21(18,19)14-10-13(11-17)20-12(14)3/h10,17H,4-9,11H2,1-3H3. The summed E-state index contributed by atoms with van der Waals surface area (Å²) in [5.41, 5.74) is 0.311. The third kappa shape index (κ3) is 3.18. The van der Waals surface area contributed by atoms with E-state index in [1.807, 2.05) is 6.92 Å². The van der Waals surface area contributed by atoms with E-state index in [-0.39, 0.29) is 6.61 Å². The summed E-state index contributed by atoms with van der Waals surface area (Å²) < 4.78 is 27.2. The van der Waals surface area contributed by atoms with Crippen molar-refractivity contribution in [3.8, 4) is 0 Å². The molecule has 1 saturated heterocycles. The second-order valence-corrected chi connectivity index (χ2v) is 9.15. The second-order valence-electron chi connectivity index (χ2n) is 5.90. The maximum absolute atomic E-state index is 12.8. The monoisotopic (exact) mass is 331 g/mol. The number of sulfonamides is 1. The first-order chi connectivity index (χ1) is 9.88. The molecule has 0 radical (unpaired) electrons. The van der Waals surface area contributed by atoms with Gasteiger partial charge in [0.05, 0.1) is 11.5 Å². The molecule has 1 aromatic rings. The lowest BCUT2D eigenvalue weighted by molar-refractivity contribution is 0.141. The molecule has 2 rings (SSSR count). The third-order valence-corrected chi connectivity index (χ3v) is 8.17. The molecule has 1 aliphatic heterocycles. The van der Waals surface area contributed by atoms with Crippen molar-refractivity contribution in [3.05, 3.63) is 15.8 Å². The largest absolute Gasteiger partial charge is 0.391 e. The molecule has 120 valence electrons. The van der Waals surface area contributed by atoms with Crippen molar-refractivity contribution >= 4 is 21.4 Å². The Morgan fingerprint density at radius 2 is 1.86 bits per heavy atom. The molecule has 1 aliphatic rings. The average molecular weight is 332 g/mol. The zero-order valence-corrected chi connectivity index (χ0v) is 14.7. The van der Waals surface area contributed by atoms with E-state index in [2.05, 4.69) is 13.8 Å². The van der Waals surface area contributed by atoms with Gasteiger partial charge in [-0.1, -0.05) is 26.7 Å². The SMILES string of the molecule is CCC1(CC)CCN(S(=O)(=O)c2cc(CO)sc2C)CC1. The molecule has 6 heteroatoms. The molecular formula is C15H25NO3S2. The van der Waals surface area contributed by atoms with Gasteiger partial charge >= 0.3 is 0 Å². The summed E-state index contributed by atoms with van der Waals surface area (Å²) in [6, 6.07) is 1.62. The minimum absolute atomic E-state index is 0.101. The Balaban J connectivity index is 2.20. The Labute approximate surface area is 131 Å². The Morgan fingerprint density at radius 3 is 2.29 bits per heavy atom. The van der Waals surface area contributed by atoms with Crippen LogP contribution in [-0.4, -0.2) is 30.9 Å². The van der Waals surface area contributed by atoms with Crippen molar-refractivity contribution in [3.63, 3.8) is 0 Å². The highest BCUT2D eigenvalue weighted by Gasteiger charge is 2.37. The number of rotatable bonds is 5. The van der Waals surface area contributed by atoms with Crippen LogP contribution in [0.15, 0.2) is 11.0 Å². The molecule has 1 fully saturated rings. The van der Waals surface area contributed by atoms with Crippen LogP contribution in [0.3, 0.4) is 0 Å². The highest BCUT2D eigenvalue weighted by Crippen LogP contribution is 2.40. The van der Waals surface area contributed by atoms with Crippen LogP contribution in [0.5, 0.6) is 0 Å². The maximum atomic E-state index is 12.8. The zero-order valence-electron chi connectivity index (χ0n) is 13.1. The van der Waals surface area contributed by atoms with Gasteiger partial charge in [-0.25, -0.2) is 8.42 Å². The predicted molar refractivity (Wildman–Crippen MR) is 86.0 cm³/mol. The van der Waals surface area contributed by atoms with Crippen molar-refractivity contribution in [1.29, 1.82) is 0 Å². The summed E-state index contributed by atoms with van der Waals surface area (Å²) in [7, 11) is -3.42. The van der Waals surface area contributed by atoms with Crippen LogP contribution in [0.4, 0.5) is 0 Å². The molecule has 1 aromatic heterocycles. The van der Waals surface area contributed by atoms with E-state index in [0.717, 1.165) is 30.6 Å². The zero-order chi connectivity index (χ0) is 15.7. The van der Waals surface area contributed by atoms with Gasteiger partial charge in [-0.3, -0.25) is 0 Å². The molecule has 0 bridgehead atoms. The van der Waals surface area contributed by atoms with Gasteiger partial charge in [0.1, 0.15) is 0 Å². The lowest BCUT2D eigenvalue weighted by Gasteiger charge is -2.40. The summed E-state index contributed by atoms with van der Waals surface area (Å²) >= 11 is 1.36. The number of hydrogen-bond acceptors (Lipinski definition) is 4. The van der Waals surface area contributed by atoms with Crippen molar-refractivity contribution in [2.75, 3.05) is 13.1 Å². The fourth-order valence-electron chi connectivity index (χ4n) is 3.16. The summed E-state index contributed by atoms with van der Waals surface area (Å²) in [6.45, 7) is 7.31. The first-order valence-electron chi connectivity index (χ1n) is 7.59. The van der Waals surface area contributed by atoms with E-state index in [1.54, 1.807) is 10.4 Å². The highest BCUT2D eigenvalue weighted by molar-refractivity contribution is 7.89. The Kier molecular flexibility index (Phi) is 5.13. The summed E-state index contributed by atoms with van der Waals surface area (Å²) in [4.78, 5) is 1.85. The summed E-state index contributed by atoms with van der Waals surface area (Å²) in [5.74, 6) is 0. The van der Waals surface area contributed by atoms with Crippen molar-refractivity contribution in [2.45, 2.75) is 58.0 Å². The number of hydrogen-bond donors (Lipinski definition) is 1. The molecule has 0 amide bonds. The van der Waals surface area contributed by atoms with E-state index < -0.39 is 10.0 Å². The van der Waals surface area contributed by atoms with Crippen LogP contribution in [-0.2, 0) is 16.6 Å². The number of aliphatic hydroxyl groups excluding tert-OH is 1. The van der Waals surface area contributed by atoms with E-state index in [1.165, 1.54) is 11.3 Å². The summed E-state index contributed by atoms with van der Waals surface area (Å²) in [5, 5.41) is 9.19. The topological polar surface area (TPSA) is 57.6 Å². The molecule has 21 heavy (non-hydrogen) atoms. The molecule has 1 N–H and O–H groups in total. The van der Waals surface area contributed by atoms with Crippen molar-refractivity contribution in [1.82, 2.24) is 4.31 Å². The van der Waals surface area contributed by atoms with Gasteiger partial charge in [-0.2, -0.15) is 4.31 Å². The molecule has 0 spiro atoms. The number of thiophene rings is 1. The minimum Gasteiger partial charge on any atom is -0.391 e. The number of aryl methyl sites for hydroxylation is 1. The first kappa shape index (κ1) is 16.9. The second kappa shape index (κ2) is 6.36. The third-order valence-electron chi connectivity index (χ3n) is 4.98. The maximum Gasteiger partial charge on any atom is 0.244 e. The van der Waals surface area contributed by atoms with E-state index in [4.69, 9.17) is 0 Å². The molecule has 4 nitrogen and oxygen atoms in total. The number of nitrogens with zero attached hydrogens (tertiary/aromatic N) is 1. The van der Waals surface area contributed by atoms with Gasteiger partial charge in [0, 0.05) is 22.8 Å². The first-order valence-corrected chi connectivity index (χ1v) is 9.84. The average Bonchev–Trinajstić information content (AvgIpc) is 2.89. The van der Waals surface area contributed by atoms with Crippen LogP contribution < -0.4 is 0 Å². The Hall–Kier alpha value is -0.430. The number of aliphatic hydroxyl groups is 1. The van der Waals surface area contributed by atoms with Crippen LogP contribution in [0.1, 0.15) is 49.3 Å². The lowest BCUT2D eigenvalue weighted by Crippen LogP contribution is -2.42. The van der Waals surface area contributed by atoms with Gasteiger partial charge in [0.15, 0.2) is 0 Å². The molecule has 0 atom stereocenters. The Bertz CT molecular complexity index is 578. The predicted octanol–water partition coefficient (Wildman–Crippen LogP) is 3.14. The fourth-order valence-corrected chi connectivity index (χ4v) is 6.06. The normalized spacial score (nSPS) is 19.8. The van der Waals surface area contributed by atoms with Crippen LogP contribution >= 0.6 is 11.3 Å². The van der Waals surface area contributed by atoms with Gasteiger partial charge < -0.3 is 5.11 Å². The van der Waals surface area contributed by atoms with E-state index >= 15 is 0 Å². The molecule has 0 aromatic carbocycles.